The van der Waals surface area contributed by atoms with Gasteiger partial charge in [0, 0.05) is 32.1 Å². The van der Waals surface area contributed by atoms with Crippen LogP contribution in [0.4, 0.5) is 5.82 Å². The molecule has 0 atom stereocenters. The SMILES string of the molecule is Nc1ccc(C(=O)N2CCC3(CC2)OCCO3)cn1. The number of rotatable bonds is 1. The zero-order chi connectivity index (χ0) is 13.3. The molecule has 19 heavy (non-hydrogen) atoms. The third-order valence-corrected chi connectivity index (χ3v) is 3.66. The summed E-state index contributed by atoms with van der Waals surface area (Å²) in [4.78, 5) is 18.0. The lowest BCUT2D eigenvalue weighted by Gasteiger charge is -2.37. The molecule has 0 bridgehead atoms. The number of nitrogens with zero attached hydrogens (tertiary/aromatic N) is 2. The number of hydrogen-bond acceptors (Lipinski definition) is 5. The van der Waals surface area contributed by atoms with Crippen molar-refractivity contribution < 1.29 is 14.3 Å². The predicted molar refractivity (Wildman–Crippen MR) is 68.4 cm³/mol. The summed E-state index contributed by atoms with van der Waals surface area (Å²) in [6.07, 6.45) is 2.97. The molecule has 0 saturated carbocycles. The standard InChI is InChI=1S/C13H17N3O3/c14-11-2-1-10(9-15-11)12(17)16-5-3-13(4-6-16)18-7-8-19-13/h1-2,9H,3-8H2,(H2,14,15). The van der Waals surface area contributed by atoms with Crippen LogP contribution in [0.25, 0.3) is 0 Å². The van der Waals surface area contributed by atoms with Crippen molar-refractivity contribution in [3.05, 3.63) is 23.9 Å². The highest BCUT2D eigenvalue weighted by Gasteiger charge is 2.40. The Balaban J connectivity index is 1.64. The summed E-state index contributed by atoms with van der Waals surface area (Å²) in [5, 5.41) is 0. The van der Waals surface area contributed by atoms with E-state index in [0.717, 1.165) is 12.8 Å². The largest absolute Gasteiger partial charge is 0.384 e. The number of aromatic nitrogens is 1. The second-order valence-corrected chi connectivity index (χ2v) is 4.87. The van der Waals surface area contributed by atoms with Gasteiger partial charge in [0.05, 0.1) is 18.8 Å². The van der Waals surface area contributed by atoms with Crippen molar-refractivity contribution in [1.82, 2.24) is 9.88 Å². The van der Waals surface area contributed by atoms with Crippen LogP contribution in [0.3, 0.4) is 0 Å². The maximum Gasteiger partial charge on any atom is 0.255 e. The van der Waals surface area contributed by atoms with Crippen molar-refractivity contribution in [1.29, 1.82) is 0 Å². The smallest absolute Gasteiger partial charge is 0.255 e. The average molecular weight is 263 g/mol. The second-order valence-electron chi connectivity index (χ2n) is 4.87. The first-order valence-corrected chi connectivity index (χ1v) is 6.47. The van der Waals surface area contributed by atoms with E-state index >= 15 is 0 Å². The van der Waals surface area contributed by atoms with Crippen molar-refractivity contribution in [3.8, 4) is 0 Å². The van der Waals surface area contributed by atoms with Gasteiger partial charge >= 0.3 is 0 Å². The lowest BCUT2D eigenvalue weighted by Crippen LogP contribution is -2.47. The normalized spacial score (nSPS) is 21.8. The van der Waals surface area contributed by atoms with E-state index in [-0.39, 0.29) is 5.91 Å². The molecule has 2 fully saturated rings. The van der Waals surface area contributed by atoms with E-state index < -0.39 is 5.79 Å². The highest BCUT2D eigenvalue weighted by molar-refractivity contribution is 5.94. The minimum atomic E-state index is -0.448. The summed E-state index contributed by atoms with van der Waals surface area (Å²) in [6, 6.07) is 3.35. The highest BCUT2D eigenvalue weighted by atomic mass is 16.7. The molecule has 3 heterocycles. The van der Waals surface area contributed by atoms with Crippen LogP contribution in [0.2, 0.25) is 0 Å². The quantitative estimate of drug-likeness (QED) is 0.804. The third kappa shape index (κ3) is 2.41. The number of amides is 1. The Labute approximate surface area is 111 Å². The maximum absolute atomic E-state index is 12.3. The van der Waals surface area contributed by atoms with Crippen LogP contribution in [-0.4, -0.2) is 47.9 Å². The molecule has 1 aromatic heterocycles. The van der Waals surface area contributed by atoms with E-state index in [1.54, 1.807) is 12.1 Å². The molecule has 0 unspecified atom stereocenters. The van der Waals surface area contributed by atoms with Crippen molar-refractivity contribution in [2.75, 3.05) is 32.0 Å². The number of pyridine rings is 1. The fraction of sp³-hybridized carbons (Fsp3) is 0.538. The van der Waals surface area contributed by atoms with Gasteiger partial charge in [-0.1, -0.05) is 0 Å². The summed E-state index contributed by atoms with van der Waals surface area (Å²) in [5.74, 6) is -0.0434. The molecule has 0 aromatic carbocycles. The number of ether oxygens (including phenoxy) is 2. The third-order valence-electron chi connectivity index (χ3n) is 3.66. The molecule has 1 amide bonds. The van der Waals surface area contributed by atoms with Gasteiger partial charge in [-0.2, -0.15) is 0 Å². The van der Waals surface area contributed by atoms with Crippen LogP contribution in [0, 0.1) is 0 Å². The number of anilines is 1. The first kappa shape index (κ1) is 12.4. The van der Waals surface area contributed by atoms with E-state index in [9.17, 15) is 4.79 Å². The van der Waals surface area contributed by atoms with Gasteiger partial charge in [-0.15, -0.1) is 0 Å². The molecule has 3 rings (SSSR count). The molecule has 2 saturated heterocycles. The molecular weight excluding hydrogens is 246 g/mol. The molecule has 102 valence electrons. The number of carbonyl (C=O) groups is 1. The summed E-state index contributed by atoms with van der Waals surface area (Å²) < 4.78 is 11.3. The first-order valence-electron chi connectivity index (χ1n) is 6.47. The Morgan fingerprint density at radius 1 is 1.26 bits per heavy atom. The van der Waals surface area contributed by atoms with Crippen molar-refractivity contribution in [2.24, 2.45) is 0 Å². The predicted octanol–water partition coefficient (Wildman–Crippen LogP) is 0.643. The van der Waals surface area contributed by atoms with E-state index in [1.165, 1.54) is 6.20 Å². The molecule has 1 aromatic rings. The van der Waals surface area contributed by atoms with Gasteiger partial charge in [0.2, 0.25) is 0 Å². The molecule has 2 aliphatic heterocycles. The number of nitrogens with two attached hydrogens (primary N) is 1. The van der Waals surface area contributed by atoms with Crippen LogP contribution in [0.5, 0.6) is 0 Å². The number of likely N-dealkylation sites (tertiary alicyclic amines) is 1. The molecule has 6 heteroatoms. The zero-order valence-corrected chi connectivity index (χ0v) is 10.7. The number of hydrogen-bond donors (Lipinski definition) is 1. The van der Waals surface area contributed by atoms with E-state index in [0.29, 0.717) is 37.7 Å². The Kier molecular flexibility index (Phi) is 3.12. The summed E-state index contributed by atoms with van der Waals surface area (Å²) in [6.45, 7) is 2.58. The van der Waals surface area contributed by atoms with Crippen LogP contribution in [0.1, 0.15) is 23.2 Å². The van der Waals surface area contributed by atoms with Crippen LogP contribution < -0.4 is 5.73 Å². The molecule has 0 radical (unpaired) electrons. The van der Waals surface area contributed by atoms with Gasteiger partial charge in [-0.05, 0) is 12.1 Å². The molecule has 6 nitrogen and oxygen atoms in total. The van der Waals surface area contributed by atoms with Crippen molar-refractivity contribution in [3.63, 3.8) is 0 Å². The van der Waals surface area contributed by atoms with Gasteiger partial charge in [-0.3, -0.25) is 4.79 Å². The zero-order valence-electron chi connectivity index (χ0n) is 10.7. The van der Waals surface area contributed by atoms with Crippen LogP contribution in [0.15, 0.2) is 18.3 Å². The molecular formula is C13H17N3O3. The monoisotopic (exact) mass is 263 g/mol. The molecule has 0 aliphatic carbocycles. The second kappa shape index (κ2) is 4.79. The molecule has 2 N–H and O–H groups in total. The Morgan fingerprint density at radius 3 is 2.53 bits per heavy atom. The van der Waals surface area contributed by atoms with Gasteiger partial charge in [-0.25, -0.2) is 4.98 Å². The number of carbonyl (C=O) groups excluding carboxylic acids is 1. The van der Waals surface area contributed by atoms with Crippen molar-refractivity contribution >= 4 is 11.7 Å². The maximum atomic E-state index is 12.3. The van der Waals surface area contributed by atoms with E-state index in [2.05, 4.69) is 4.98 Å². The minimum absolute atomic E-state index is 0.0136. The van der Waals surface area contributed by atoms with Crippen molar-refractivity contribution in [2.45, 2.75) is 18.6 Å². The topological polar surface area (TPSA) is 77.7 Å². The Hall–Kier alpha value is -1.66. The average Bonchev–Trinajstić information content (AvgIpc) is 2.88. The van der Waals surface area contributed by atoms with E-state index in [1.807, 2.05) is 4.90 Å². The van der Waals surface area contributed by atoms with Gasteiger partial charge in [0.1, 0.15) is 5.82 Å². The van der Waals surface area contributed by atoms with Crippen LogP contribution in [-0.2, 0) is 9.47 Å². The highest BCUT2D eigenvalue weighted by Crippen LogP contribution is 2.31. The number of nitrogen functional groups attached to an aromatic ring is 1. The Morgan fingerprint density at radius 2 is 1.95 bits per heavy atom. The van der Waals surface area contributed by atoms with Crippen LogP contribution >= 0.6 is 0 Å². The lowest BCUT2D eigenvalue weighted by atomic mass is 10.0. The summed E-state index contributed by atoms with van der Waals surface area (Å²) >= 11 is 0. The summed E-state index contributed by atoms with van der Waals surface area (Å²) in [7, 11) is 0. The molecule has 1 spiro atoms. The first-order chi connectivity index (χ1) is 9.19. The molecule has 2 aliphatic rings. The van der Waals surface area contributed by atoms with E-state index in [4.69, 9.17) is 15.2 Å². The fourth-order valence-corrected chi connectivity index (χ4v) is 2.55. The van der Waals surface area contributed by atoms with Gasteiger partial charge in [0.25, 0.3) is 5.91 Å². The van der Waals surface area contributed by atoms with Gasteiger partial charge < -0.3 is 20.1 Å². The minimum Gasteiger partial charge on any atom is -0.384 e. The Bertz CT molecular complexity index is 459. The van der Waals surface area contributed by atoms with Gasteiger partial charge in [0.15, 0.2) is 5.79 Å². The number of piperidine rings is 1. The lowest BCUT2D eigenvalue weighted by molar-refractivity contribution is -0.181. The summed E-state index contributed by atoms with van der Waals surface area (Å²) in [5.41, 5.74) is 6.08. The fourth-order valence-electron chi connectivity index (χ4n) is 2.55.